The molecule has 0 radical (unpaired) electrons. The van der Waals surface area contributed by atoms with E-state index in [2.05, 4.69) is 4.98 Å². The molecule has 0 amide bonds. The maximum atomic E-state index is 11.6. The summed E-state index contributed by atoms with van der Waals surface area (Å²) in [5.74, 6) is 0.534. The van der Waals surface area contributed by atoms with Crippen molar-refractivity contribution >= 4 is 17.3 Å². The second-order valence-corrected chi connectivity index (χ2v) is 4.58. The Balaban J connectivity index is 2.27. The molecule has 0 aliphatic carbocycles. The number of nitrogens with zero attached hydrogens (tertiary/aromatic N) is 3. The average molecular weight is 274 g/mol. The van der Waals surface area contributed by atoms with Crippen molar-refractivity contribution in [3.8, 4) is 0 Å². The molecule has 6 heteroatoms. The zero-order valence-corrected chi connectivity index (χ0v) is 11.8. The molecular formula is C14H18N4O2. The van der Waals surface area contributed by atoms with E-state index in [-0.39, 0.29) is 5.97 Å². The summed E-state index contributed by atoms with van der Waals surface area (Å²) < 4.78 is 6.66. The molecule has 0 fully saturated rings. The van der Waals surface area contributed by atoms with Crippen molar-refractivity contribution < 1.29 is 9.53 Å². The van der Waals surface area contributed by atoms with Gasteiger partial charge in [0.1, 0.15) is 5.82 Å². The average Bonchev–Trinajstić information content (AvgIpc) is 2.83. The highest BCUT2D eigenvalue weighted by molar-refractivity contribution is 5.92. The lowest BCUT2D eigenvalue weighted by Crippen LogP contribution is -2.20. The third-order valence-corrected chi connectivity index (χ3v) is 3.16. The van der Waals surface area contributed by atoms with E-state index in [4.69, 9.17) is 10.5 Å². The van der Waals surface area contributed by atoms with Gasteiger partial charge in [0.05, 0.1) is 30.6 Å². The fourth-order valence-electron chi connectivity index (χ4n) is 1.97. The number of methoxy groups -OCH3 is 1. The Morgan fingerprint density at radius 1 is 1.50 bits per heavy atom. The van der Waals surface area contributed by atoms with Gasteiger partial charge in [-0.05, 0) is 18.2 Å². The van der Waals surface area contributed by atoms with Gasteiger partial charge >= 0.3 is 5.97 Å². The first-order valence-corrected chi connectivity index (χ1v) is 6.18. The first kappa shape index (κ1) is 13.9. The van der Waals surface area contributed by atoms with E-state index >= 15 is 0 Å². The van der Waals surface area contributed by atoms with Crippen LogP contribution >= 0.6 is 0 Å². The molecule has 2 aromatic rings. The molecule has 0 atom stereocenters. The Morgan fingerprint density at radius 3 is 2.85 bits per heavy atom. The third kappa shape index (κ3) is 2.74. The van der Waals surface area contributed by atoms with Crippen molar-refractivity contribution in [1.29, 1.82) is 0 Å². The number of imidazole rings is 1. The number of hydrogen-bond donors (Lipinski definition) is 1. The van der Waals surface area contributed by atoms with E-state index in [9.17, 15) is 4.79 Å². The van der Waals surface area contributed by atoms with Gasteiger partial charge in [-0.2, -0.15) is 0 Å². The van der Waals surface area contributed by atoms with Crippen molar-refractivity contribution in [2.45, 2.75) is 6.54 Å². The number of hydrogen-bond acceptors (Lipinski definition) is 5. The molecule has 106 valence electrons. The number of carbonyl (C=O) groups excluding carboxylic acids is 1. The Kier molecular flexibility index (Phi) is 3.93. The van der Waals surface area contributed by atoms with Crippen molar-refractivity contribution in [3.05, 3.63) is 42.0 Å². The number of aryl methyl sites for hydroxylation is 1. The first-order valence-electron chi connectivity index (χ1n) is 6.18. The number of esters is 1. The summed E-state index contributed by atoms with van der Waals surface area (Å²) in [5, 5.41) is 0. The van der Waals surface area contributed by atoms with E-state index in [0.29, 0.717) is 17.8 Å². The first-order chi connectivity index (χ1) is 9.52. The number of benzene rings is 1. The maximum absolute atomic E-state index is 11.6. The van der Waals surface area contributed by atoms with E-state index in [1.54, 1.807) is 24.4 Å². The van der Waals surface area contributed by atoms with Crippen LogP contribution in [-0.4, -0.2) is 29.7 Å². The minimum absolute atomic E-state index is 0.378. The summed E-state index contributed by atoms with van der Waals surface area (Å²) in [4.78, 5) is 17.8. The molecule has 0 spiro atoms. The lowest BCUT2D eigenvalue weighted by Gasteiger charge is -2.21. The molecule has 0 saturated heterocycles. The molecule has 0 unspecified atom stereocenters. The Hall–Kier alpha value is -2.50. The van der Waals surface area contributed by atoms with Gasteiger partial charge in [-0.25, -0.2) is 9.78 Å². The molecule has 20 heavy (non-hydrogen) atoms. The number of nitrogen functional groups attached to an aromatic ring is 1. The van der Waals surface area contributed by atoms with E-state index in [1.165, 1.54) is 7.11 Å². The molecule has 2 N–H and O–H groups in total. The maximum Gasteiger partial charge on any atom is 0.337 e. The van der Waals surface area contributed by atoms with E-state index in [0.717, 1.165) is 11.5 Å². The zero-order chi connectivity index (χ0) is 14.7. The highest BCUT2D eigenvalue weighted by Gasteiger charge is 2.13. The lowest BCUT2D eigenvalue weighted by atomic mass is 10.1. The quantitative estimate of drug-likeness (QED) is 0.674. The van der Waals surface area contributed by atoms with Crippen LogP contribution in [0.5, 0.6) is 0 Å². The Labute approximate surface area is 117 Å². The summed E-state index contributed by atoms with van der Waals surface area (Å²) in [5.41, 5.74) is 7.83. The van der Waals surface area contributed by atoms with Crippen LogP contribution in [0.4, 0.5) is 11.4 Å². The van der Waals surface area contributed by atoms with Gasteiger partial charge in [0.15, 0.2) is 0 Å². The summed E-state index contributed by atoms with van der Waals surface area (Å²) in [6, 6.07) is 5.08. The molecule has 2 rings (SSSR count). The van der Waals surface area contributed by atoms with Crippen molar-refractivity contribution in [1.82, 2.24) is 9.55 Å². The van der Waals surface area contributed by atoms with Gasteiger partial charge in [0, 0.05) is 26.5 Å². The van der Waals surface area contributed by atoms with Gasteiger partial charge in [-0.15, -0.1) is 0 Å². The Morgan fingerprint density at radius 2 is 2.25 bits per heavy atom. The third-order valence-electron chi connectivity index (χ3n) is 3.16. The predicted octanol–water partition coefficient (Wildman–Crippen LogP) is 1.43. The van der Waals surface area contributed by atoms with Crippen molar-refractivity contribution in [3.63, 3.8) is 0 Å². The molecule has 0 aliphatic rings. The molecule has 6 nitrogen and oxygen atoms in total. The van der Waals surface area contributed by atoms with Gasteiger partial charge in [-0.1, -0.05) is 0 Å². The molecule has 0 bridgehead atoms. The van der Waals surface area contributed by atoms with Crippen LogP contribution in [-0.2, 0) is 18.3 Å². The number of nitrogens with two attached hydrogens (primary N) is 1. The highest BCUT2D eigenvalue weighted by Crippen LogP contribution is 2.25. The standard InChI is InChI=1S/C14H18N4O2/c1-17-7-6-16-13(17)9-18(2)12-8-10(14(19)20-3)4-5-11(12)15/h4-8H,9,15H2,1-3H3. The number of aromatic nitrogens is 2. The van der Waals surface area contributed by atoms with Gasteiger partial charge in [0.25, 0.3) is 0 Å². The van der Waals surface area contributed by atoms with E-state index < -0.39 is 0 Å². The highest BCUT2D eigenvalue weighted by atomic mass is 16.5. The van der Waals surface area contributed by atoms with Gasteiger partial charge in [-0.3, -0.25) is 0 Å². The molecule has 1 aromatic heterocycles. The molecular weight excluding hydrogens is 256 g/mol. The molecule has 1 heterocycles. The van der Waals surface area contributed by atoms with E-state index in [1.807, 2.05) is 29.8 Å². The minimum atomic E-state index is -0.378. The second kappa shape index (κ2) is 5.64. The Bertz CT molecular complexity index is 621. The van der Waals surface area contributed by atoms with Crippen LogP contribution in [0.2, 0.25) is 0 Å². The molecule has 1 aromatic carbocycles. The van der Waals surface area contributed by atoms with Gasteiger partial charge in [0.2, 0.25) is 0 Å². The number of anilines is 2. The fraction of sp³-hybridized carbons (Fsp3) is 0.286. The summed E-state index contributed by atoms with van der Waals surface area (Å²) >= 11 is 0. The number of carbonyl (C=O) groups is 1. The van der Waals surface area contributed by atoms with Crippen LogP contribution in [0.1, 0.15) is 16.2 Å². The summed E-state index contributed by atoms with van der Waals surface area (Å²) in [7, 11) is 5.20. The van der Waals surface area contributed by atoms with Gasteiger partial charge < -0.3 is 19.9 Å². The normalized spacial score (nSPS) is 10.3. The topological polar surface area (TPSA) is 73.4 Å². The SMILES string of the molecule is COC(=O)c1ccc(N)c(N(C)Cc2nccn2C)c1. The largest absolute Gasteiger partial charge is 0.465 e. The number of rotatable bonds is 4. The fourth-order valence-corrected chi connectivity index (χ4v) is 1.97. The van der Waals surface area contributed by atoms with Crippen molar-refractivity contribution in [2.24, 2.45) is 7.05 Å². The van der Waals surface area contributed by atoms with Crippen LogP contribution in [0.15, 0.2) is 30.6 Å². The number of ether oxygens (including phenoxy) is 1. The molecule has 0 aliphatic heterocycles. The monoisotopic (exact) mass is 274 g/mol. The smallest absolute Gasteiger partial charge is 0.337 e. The van der Waals surface area contributed by atoms with Crippen LogP contribution < -0.4 is 10.6 Å². The molecule has 0 saturated carbocycles. The predicted molar refractivity (Wildman–Crippen MR) is 77.5 cm³/mol. The van der Waals surface area contributed by atoms with Crippen LogP contribution in [0, 0.1) is 0 Å². The minimum Gasteiger partial charge on any atom is -0.465 e. The lowest BCUT2D eigenvalue weighted by molar-refractivity contribution is 0.0601. The second-order valence-electron chi connectivity index (χ2n) is 4.58. The van der Waals surface area contributed by atoms with Crippen LogP contribution in [0.3, 0.4) is 0 Å². The van der Waals surface area contributed by atoms with Crippen molar-refractivity contribution in [2.75, 3.05) is 24.8 Å². The van der Waals surface area contributed by atoms with Crippen LogP contribution in [0.25, 0.3) is 0 Å². The summed E-state index contributed by atoms with van der Waals surface area (Å²) in [6.07, 6.45) is 3.63. The zero-order valence-electron chi connectivity index (χ0n) is 11.8. The summed E-state index contributed by atoms with van der Waals surface area (Å²) in [6.45, 7) is 0.596.